The van der Waals surface area contributed by atoms with E-state index in [0.717, 1.165) is 17.0 Å². The van der Waals surface area contributed by atoms with Crippen LogP contribution in [0.15, 0.2) is 18.3 Å². The molecule has 27 heavy (non-hydrogen) atoms. The zero-order chi connectivity index (χ0) is 20.2. The summed E-state index contributed by atoms with van der Waals surface area (Å²) in [7, 11) is 0. The minimum Gasteiger partial charge on any atom is -0.474 e. The molecule has 2 heterocycles. The minimum atomic E-state index is -4.87. The monoisotopic (exact) mass is 402 g/mol. The number of carbonyl (C=O) groups is 1. The molecule has 12 heteroatoms. The summed E-state index contributed by atoms with van der Waals surface area (Å²) in [4.78, 5) is 16.4. The Hall–Kier alpha value is -2.24. The number of carbonyl (C=O) groups excluding carboxylic acids is 1. The smallest absolute Gasteiger partial charge is 0.427 e. The predicted octanol–water partition coefficient (Wildman–Crippen LogP) is 3.00. The summed E-state index contributed by atoms with van der Waals surface area (Å²) in [6.45, 7) is -1.32. The highest BCUT2D eigenvalue weighted by Gasteiger charge is 2.43. The van der Waals surface area contributed by atoms with Crippen LogP contribution >= 0.6 is 0 Å². The number of aliphatic hydroxyl groups is 1. The number of nitrogens with zero attached hydrogens (tertiary/aromatic N) is 2. The van der Waals surface area contributed by atoms with Crippen molar-refractivity contribution in [1.29, 1.82) is 0 Å². The molecule has 1 fully saturated rings. The molecule has 0 bridgehead atoms. The van der Waals surface area contributed by atoms with Gasteiger partial charge in [-0.3, -0.25) is 0 Å². The average Bonchev–Trinajstić information content (AvgIpc) is 2.58. The van der Waals surface area contributed by atoms with E-state index >= 15 is 0 Å². The van der Waals surface area contributed by atoms with Crippen LogP contribution in [0.2, 0.25) is 0 Å². The van der Waals surface area contributed by atoms with Gasteiger partial charge in [0.25, 0.3) is 0 Å². The summed E-state index contributed by atoms with van der Waals surface area (Å²) in [5.74, 6) is -0.0264. The van der Waals surface area contributed by atoms with Crippen molar-refractivity contribution in [3.05, 3.63) is 23.9 Å². The first-order valence-corrected chi connectivity index (χ1v) is 7.83. The van der Waals surface area contributed by atoms with Crippen molar-refractivity contribution in [1.82, 2.24) is 9.88 Å². The van der Waals surface area contributed by atoms with E-state index in [4.69, 9.17) is 9.84 Å². The Bertz CT molecular complexity index is 627. The second-order valence-corrected chi connectivity index (χ2v) is 5.78. The van der Waals surface area contributed by atoms with Gasteiger partial charge in [0, 0.05) is 38.2 Å². The van der Waals surface area contributed by atoms with Crippen LogP contribution < -0.4 is 4.74 Å². The summed E-state index contributed by atoms with van der Waals surface area (Å²) in [6.07, 6.45) is -12.6. The van der Waals surface area contributed by atoms with Crippen molar-refractivity contribution < 1.29 is 45.7 Å². The van der Waals surface area contributed by atoms with Gasteiger partial charge < -0.3 is 19.5 Å². The second-order valence-electron chi connectivity index (χ2n) is 5.78. The van der Waals surface area contributed by atoms with E-state index in [1.165, 1.54) is 0 Å². The lowest BCUT2D eigenvalue weighted by Gasteiger charge is -2.32. The van der Waals surface area contributed by atoms with Crippen molar-refractivity contribution >= 4 is 6.09 Å². The van der Waals surface area contributed by atoms with Gasteiger partial charge in [0.1, 0.15) is 6.10 Å². The number of hydrogen-bond donors (Lipinski definition) is 1. The maximum atomic E-state index is 12.5. The average molecular weight is 402 g/mol. The molecule has 1 aromatic rings. The van der Waals surface area contributed by atoms with E-state index in [-0.39, 0.29) is 31.8 Å². The lowest BCUT2D eigenvalue weighted by Crippen LogP contribution is -2.46. The summed E-state index contributed by atoms with van der Waals surface area (Å²) >= 11 is 0. The van der Waals surface area contributed by atoms with E-state index in [1.807, 2.05) is 0 Å². The lowest BCUT2D eigenvalue weighted by molar-refractivity contribution is -0.214. The molecular formula is C15H16F6N2O4. The molecule has 6 nitrogen and oxygen atoms in total. The lowest BCUT2D eigenvalue weighted by atomic mass is 10.1. The summed E-state index contributed by atoms with van der Waals surface area (Å²) < 4.78 is 84.6. The van der Waals surface area contributed by atoms with Crippen LogP contribution in [0.25, 0.3) is 0 Å². The Morgan fingerprint density at radius 2 is 1.85 bits per heavy atom. The largest absolute Gasteiger partial charge is 0.474 e. The number of aliphatic hydroxyl groups excluding tert-OH is 1. The SMILES string of the molecule is O=C(O[C@H](CO)C(F)(F)F)N1CCC(Oc2ccc(C(F)(F)F)cn2)CC1. The Labute approximate surface area is 149 Å². The number of halogens is 6. The topological polar surface area (TPSA) is 71.9 Å². The van der Waals surface area contributed by atoms with E-state index < -0.39 is 42.8 Å². The number of alkyl halides is 6. The molecule has 152 valence electrons. The van der Waals surface area contributed by atoms with Gasteiger partial charge in [-0.2, -0.15) is 26.3 Å². The van der Waals surface area contributed by atoms with E-state index in [1.54, 1.807) is 0 Å². The number of pyridine rings is 1. The molecular weight excluding hydrogens is 386 g/mol. The van der Waals surface area contributed by atoms with Crippen LogP contribution in [0.4, 0.5) is 31.1 Å². The summed E-state index contributed by atoms with van der Waals surface area (Å²) in [6, 6.07) is 1.89. The van der Waals surface area contributed by atoms with E-state index in [0.29, 0.717) is 6.20 Å². The molecule has 1 N–H and O–H groups in total. The number of rotatable bonds is 4. The molecule has 1 aliphatic rings. The minimum absolute atomic E-state index is 0.0264. The van der Waals surface area contributed by atoms with Crippen LogP contribution in [-0.2, 0) is 10.9 Å². The first-order chi connectivity index (χ1) is 12.5. The third-order valence-electron chi connectivity index (χ3n) is 3.83. The molecule has 0 spiro atoms. The van der Waals surface area contributed by atoms with Gasteiger partial charge in [0.05, 0.1) is 12.2 Å². The molecule has 1 aliphatic heterocycles. The molecule has 1 atom stereocenters. The van der Waals surface area contributed by atoms with Gasteiger partial charge >= 0.3 is 18.4 Å². The number of amides is 1. The molecule has 0 aliphatic carbocycles. The third kappa shape index (κ3) is 5.88. The Morgan fingerprint density at radius 1 is 1.22 bits per heavy atom. The fourth-order valence-electron chi connectivity index (χ4n) is 2.35. The molecule has 0 radical (unpaired) electrons. The van der Waals surface area contributed by atoms with Crippen LogP contribution in [-0.4, -0.2) is 59.2 Å². The maximum Gasteiger partial charge on any atom is 0.427 e. The Kier molecular flexibility index (Phi) is 6.39. The number of likely N-dealkylation sites (tertiary alicyclic amines) is 1. The third-order valence-corrected chi connectivity index (χ3v) is 3.83. The van der Waals surface area contributed by atoms with Gasteiger partial charge in [0.2, 0.25) is 12.0 Å². The maximum absolute atomic E-state index is 12.5. The summed E-state index contributed by atoms with van der Waals surface area (Å²) in [5, 5.41) is 8.67. The van der Waals surface area contributed by atoms with Crippen LogP contribution in [0, 0.1) is 0 Å². The zero-order valence-corrected chi connectivity index (χ0v) is 13.8. The summed E-state index contributed by atoms with van der Waals surface area (Å²) in [5.41, 5.74) is -0.921. The van der Waals surface area contributed by atoms with Crippen LogP contribution in [0.1, 0.15) is 18.4 Å². The standard InChI is InChI=1S/C15H16F6N2O4/c16-14(17,18)9-1-2-12(22-7-9)26-10-3-5-23(6-4-10)13(25)27-11(8-24)15(19,20)21/h1-2,7,10-11,24H,3-6,8H2/t11-/m1/s1. The van der Waals surface area contributed by atoms with Crippen molar-refractivity contribution in [3.8, 4) is 5.88 Å². The van der Waals surface area contributed by atoms with Gasteiger partial charge in [-0.25, -0.2) is 9.78 Å². The van der Waals surface area contributed by atoms with Crippen molar-refractivity contribution in [2.75, 3.05) is 19.7 Å². The fourth-order valence-corrected chi connectivity index (χ4v) is 2.35. The van der Waals surface area contributed by atoms with Gasteiger partial charge in [-0.15, -0.1) is 0 Å². The highest BCUT2D eigenvalue weighted by molar-refractivity contribution is 5.68. The molecule has 2 rings (SSSR count). The highest BCUT2D eigenvalue weighted by atomic mass is 19.4. The predicted molar refractivity (Wildman–Crippen MR) is 77.9 cm³/mol. The quantitative estimate of drug-likeness (QED) is 0.784. The first kappa shape index (κ1) is 21.1. The Morgan fingerprint density at radius 3 is 2.30 bits per heavy atom. The zero-order valence-electron chi connectivity index (χ0n) is 13.8. The number of piperidine rings is 1. The molecule has 0 saturated carbocycles. The number of ether oxygens (including phenoxy) is 2. The number of hydrogen-bond acceptors (Lipinski definition) is 5. The van der Waals surface area contributed by atoms with Crippen molar-refractivity contribution in [2.24, 2.45) is 0 Å². The van der Waals surface area contributed by atoms with E-state index in [2.05, 4.69) is 9.72 Å². The highest BCUT2D eigenvalue weighted by Crippen LogP contribution is 2.29. The molecule has 1 amide bonds. The molecule has 0 aromatic carbocycles. The van der Waals surface area contributed by atoms with Gasteiger partial charge in [0.15, 0.2) is 0 Å². The second kappa shape index (κ2) is 8.19. The fraction of sp³-hybridized carbons (Fsp3) is 0.600. The normalized spacial score (nSPS) is 17.5. The van der Waals surface area contributed by atoms with Gasteiger partial charge in [-0.05, 0) is 6.07 Å². The molecule has 1 aromatic heterocycles. The molecule has 1 saturated heterocycles. The van der Waals surface area contributed by atoms with Crippen LogP contribution in [0.3, 0.4) is 0 Å². The molecule has 0 unspecified atom stereocenters. The van der Waals surface area contributed by atoms with Gasteiger partial charge in [-0.1, -0.05) is 0 Å². The van der Waals surface area contributed by atoms with E-state index in [9.17, 15) is 31.1 Å². The van der Waals surface area contributed by atoms with Crippen molar-refractivity contribution in [3.63, 3.8) is 0 Å². The number of aromatic nitrogens is 1. The first-order valence-electron chi connectivity index (χ1n) is 7.83. The Balaban J connectivity index is 1.84. The van der Waals surface area contributed by atoms with Crippen molar-refractivity contribution in [2.45, 2.75) is 37.4 Å². The van der Waals surface area contributed by atoms with Crippen LogP contribution in [0.5, 0.6) is 5.88 Å².